The van der Waals surface area contributed by atoms with Crippen molar-refractivity contribution >= 4 is 33.5 Å². The number of nitrogens with one attached hydrogen (secondary N) is 1. The second kappa shape index (κ2) is 7.03. The first-order valence-corrected chi connectivity index (χ1v) is 8.42. The number of pyridine rings is 1. The van der Waals surface area contributed by atoms with E-state index in [0.29, 0.717) is 17.6 Å². The van der Waals surface area contributed by atoms with Gasteiger partial charge in [0.15, 0.2) is 0 Å². The number of aryl methyl sites for hydroxylation is 1. The number of nitrogens with zero attached hydrogens (tertiary/aromatic N) is 3. The van der Waals surface area contributed by atoms with Gasteiger partial charge in [0.2, 0.25) is 0 Å². The zero-order valence-corrected chi connectivity index (χ0v) is 15.5. The average Bonchev–Trinajstić information content (AvgIpc) is 2.89. The minimum Gasteiger partial charge on any atom is -0.383 e. The number of nitrogen functional groups attached to an aromatic ring is 1. The lowest BCUT2D eigenvalue weighted by Gasteiger charge is -2.09. The van der Waals surface area contributed by atoms with Crippen LogP contribution in [0.25, 0.3) is 5.69 Å². The van der Waals surface area contributed by atoms with Crippen LogP contribution < -0.4 is 11.1 Å². The number of benzene rings is 1. The van der Waals surface area contributed by atoms with E-state index in [2.05, 4.69) is 31.3 Å². The van der Waals surface area contributed by atoms with Gasteiger partial charge in [0.1, 0.15) is 17.2 Å². The molecule has 140 valence electrons. The first-order valence-electron chi connectivity index (χ1n) is 7.63. The fraction of sp³-hybridized carbons (Fsp3) is 0.118. The summed E-state index contributed by atoms with van der Waals surface area (Å²) in [6.07, 6.45) is -3.85. The summed E-state index contributed by atoms with van der Waals surface area (Å²) in [5.74, 6) is -0.542. The smallest absolute Gasteiger partial charge is 0.383 e. The lowest BCUT2D eigenvalue weighted by atomic mass is 10.2. The Bertz CT molecular complexity index is 999. The van der Waals surface area contributed by atoms with Crippen LogP contribution in [0.5, 0.6) is 0 Å². The van der Waals surface area contributed by atoms with Gasteiger partial charge in [0.25, 0.3) is 5.91 Å². The van der Waals surface area contributed by atoms with Gasteiger partial charge < -0.3 is 11.1 Å². The summed E-state index contributed by atoms with van der Waals surface area (Å²) < 4.78 is 39.9. The predicted molar refractivity (Wildman–Crippen MR) is 97.6 cm³/mol. The molecule has 0 saturated carbocycles. The highest BCUT2D eigenvalue weighted by atomic mass is 79.9. The van der Waals surface area contributed by atoms with Gasteiger partial charge in [0, 0.05) is 10.7 Å². The van der Waals surface area contributed by atoms with Crippen LogP contribution in [0.1, 0.15) is 21.6 Å². The Morgan fingerprint density at radius 3 is 2.52 bits per heavy atom. The van der Waals surface area contributed by atoms with Crippen LogP contribution in [0.4, 0.5) is 24.8 Å². The van der Waals surface area contributed by atoms with Crippen molar-refractivity contribution < 1.29 is 18.0 Å². The van der Waals surface area contributed by atoms with E-state index in [-0.39, 0.29) is 17.2 Å². The molecule has 3 rings (SSSR count). The number of halogens is 4. The molecule has 3 N–H and O–H groups in total. The molecule has 0 aliphatic heterocycles. The number of nitrogens with two attached hydrogens (primary N) is 1. The van der Waals surface area contributed by atoms with Crippen molar-refractivity contribution in [1.29, 1.82) is 0 Å². The third kappa shape index (κ3) is 3.80. The number of para-hydroxylation sites is 1. The number of carbonyl (C=O) groups excluding carboxylic acids is 1. The Kier molecular flexibility index (Phi) is 4.92. The molecule has 10 heteroatoms. The summed E-state index contributed by atoms with van der Waals surface area (Å²) in [4.78, 5) is 16.2. The van der Waals surface area contributed by atoms with Gasteiger partial charge in [-0.15, -0.1) is 0 Å². The molecular formula is C17H13BrF3N5O. The van der Waals surface area contributed by atoms with Gasteiger partial charge in [-0.2, -0.15) is 18.3 Å². The van der Waals surface area contributed by atoms with E-state index in [1.165, 1.54) is 4.68 Å². The van der Waals surface area contributed by atoms with E-state index >= 15 is 0 Å². The van der Waals surface area contributed by atoms with Crippen molar-refractivity contribution in [3.8, 4) is 5.69 Å². The van der Waals surface area contributed by atoms with E-state index in [0.717, 1.165) is 16.6 Å². The van der Waals surface area contributed by atoms with Gasteiger partial charge in [-0.25, -0.2) is 9.67 Å². The van der Waals surface area contributed by atoms with Gasteiger partial charge in [-0.3, -0.25) is 4.79 Å². The maximum Gasteiger partial charge on any atom is 0.417 e. The monoisotopic (exact) mass is 439 g/mol. The van der Waals surface area contributed by atoms with Crippen LogP contribution in [0.15, 0.2) is 47.1 Å². The van der Waals surface area contributed by atoms with E-state index in [9.17, 15) is 18.0 Å². The summed E-state index contributed by atoms with van der Waals surface area (Å²) in [6, 6.07) is 9.10. The summed E-state index contributed by atoms with van der Waals surface area (Å²) >= 11 is 3.40. The number of hydrogen-bond donors (Lipinski definition) is 2. The molecule has 0 atom stereocenters. The van der Waals surface area contributed by atoms with E-state index in [4.69, 9.17) is 5.73 Å². The Balaban J connectivity index is 1.89. The van der Waals surface area contributed by atoms with Crippen molar-refractivity contribution in [1.82, 2.24) is 14.8 Å². The molecular weight excluding hydrogens is 427 g/mol. The molecule has 0 unspecified atom stereocenters. The minimum absolute atomic E-state index is 0.0274. The highest BCUT2D eigenvalue weighted by molar-refractivity contribution is 9.10. The Morgan fingerprint density at radius 2 is 1.93 bits per heavy atom. The Labute approximate surface area is 160 Å². The lowest BCUT2D eigenvalue weighted by Crippen LogP contribution is -2.16. The molecule has 0 fully saturated rings. The molecule has 0 aliphatic carbocycles. The number of anilines is 2. The Morgan fingerprint density at radius 1 is 1.22 bits per heavy atom. The van der Waals surface area contributed by atoms with Gasteiger partial charge >= 0.3 is 6.18 Å². The van der Waals surface area contributed by atoms with Crippen LogP contribution in [0.2, 0.25) is 0 Å². The number of hydrogen-bond acceptors (Lipinski definition) is 4. The molecule has 2 heterocycles. The van der Waals surface area contributed by atoms with Gasteiger partial charge in [-0.05, 0) is 47.1 Å². The van der Waals surface area contributed by atoms with Gasteiger partial charge in [-0.1, -0.05) is 12.1 Å². The van der Waals surface area contributed by atoms with Crippen LogP contribution >= 0.6 is 15.9 Å². The van der Waals surface area contributed by atoms with E-state index in [1.54, 1.807) is 25.1 Å². The SMILES string of the molecule is Cc1nn(-c2ccccc2Br)c(N)c1C(=O)Nc1ccc(C(F)(F)F)cn1. The molecule has 1 aromatic carbocycles. The van der Waals surface area contributed by atoms with Crippen molar-refractivity contribution in [2.45, 2.75) is 13.1 Å². The van der Waals surface area contributed by atoms with Crippen LogP contribution in [0, 0.1) is 6.92 Å². The third-order valence-corrected chi connectivity index (χ3v) is 4.41. The van der Waals surface area contributed by atoms with Crippen molar-refractivity contribution in [2.24, 2.45) is 0 Å². The quantitative estimate of drug-likeness (QED) is 0.640. The molecule has 0 aliphatic rings. The highest BCUT2D eigenvalue weighted by Crippen LogP contribution is 2.29. The molecule has 2 aromatic heterocycles. The molecule has 1 amide bonds. The van der Waals surface area contributed by atoms with E-state index < -0.39 is 17.6 Å². The Hall–Kier alpha value is -2.88. The highest BCUT2D eigenvalue weighted by Gasteiger charge is 2.30. The topological polar surface area (TPSA) is 85.8 Å². The van der Waals surface area contributed by atoms with Crippen LogP contribution in [-0.2, 0) is 6.18 Å². The molecule has 0 spiro atoms. The van der Waals surface area contributed by atoms with Crippen LogP contribution in [-0.4, -0.2) is 20.7 Å². The first kappa shape index (κ1) is 18.9. The molecule has 0 bridgehead atoms. The fourth-order valence-corrected chi connectivity index (χ4v) is 2.90. The second-order valence-corrected chi connectivity index (χ2v) is 6.45. The minimum atomic E-state index is -4.50. The largest absolute Gasteiger partial charge is 0.417 e. The summed E-state index contributed by atoms with van der Waals surface area (Å²) in [5, 5.41) is 6.72. The zero-order valence-electron chi connectivity index (χ0n) is 13.9. The molecule has 6 nitrogen and oxygen atoms in total. The number of carbonyl (C=O) groups is 1. The number of alkyl halides is 3. The van der Waals surface area contributed by atoms with E-state index in [1.807, 2.05) is 6.07 Å². The summed E-state index contributed by atoms with van der Waals surface area (Å²) in [6.45, 7) is 1.61. The maximum atomic E-state index is 12.6. The summed E-state index contributed by atoms with van der Waals surface area (Å²) in [5.41, 5.74) is 6.32. The van der Waals surface area contributed by atoms with Crippen molar-refractivity contribution in [3.05, 3.63) is 63.9 Å². The van der Waals surface area contributed by atoms with Gasteiger partial charge in [0.05, 0.1) is 16.9 Å². The lowest BCUT2D eigenvalue weighted by molar-refractivity contribution is -0.137. The molecule has 0 radical (unpaired) electrons. The zero-order chi connectivity index (χ0) is 19.8. The van der Waals surface area contributed by atoms with Crippen LogP contribution in [0.3, 0.4) is 0 Å². The summed E-state index contributed by atoms with van der Waals surface area (Å²) in [7, 11) is 0. The third-order valence-electron chi connectivity index (χ3n) is 3.74. The number of rotatable bonds is 3. The predicted octanol–water partition coefficient (Wildman–Crippen LogP) is 4.19. The second-order valence-electron chi connectivity index (χ2n) is 5.59. The molecule has 27 heavy (non-hydrogen) atoms. The van der Waals surface area contributed by atoms with Crippen molar-refractivity contribution in [3.63, 3.8) is 0 Å². The standard InChI is InChI=1S/C17H13BrF3N5O/c1-9-14(15(22)26(25-9)12-5-3-2-4-11(12)18)16(27)24-13-7-6-10(8-23-13)17(19,20)21/h2-8H,22H2,1H3,(H,23,24,27). The number of amides is 1. The first-order chi connectivity index (χ1) is 12.7. The van der Waals surface area contributed by atoms with Crippen molar-refractivity contribution in [2.75, 3.05) is 11.1 Å². The molecule has 0 saturated heterocycles. The normalized spacial score (nSPS) is 11.4. The fourth-order valence-electron chi connectivity index (χ4n) is 2.45. The maximum absolute atomic E-state index is 12.6. The average molecular weight is 440 g/mol. The number of aromatic nitrogens is 3. The molecule has 3 aromatic rings.